The lowest BCUT2D eigenvalue weighted by Crippen LogP contribution is -2.27. The van der Waals surface area contributed by atoms with Crippen molar-refractivity contribution < 1.29 is 0 Å². The number of nitrogens with one attached hydrogen (secondary N) is 1. The fraction of sp³-hybridized carbons (Fsp3) is 0.500. The zero-order chi connectivity index (χ0) is 9.54. The number of fused-ring (bicyclic) bond motifs is 1. The largest absolute Gasteiger partial charge is 0.306 e. The first kappa shape index (κ1) is 8.93. The van der Waals surface area contributed by atoms with Crippen LogP contribution in [0, 0.1) is 5.92 Å². The first-order valence-corrected chi connectivity index (χ1v) is 6.16. The van der Waals surface area contributed by atoms with Gasteiger partial charge in [-0.15, -0.1) is 0 Å². The van der Waals surface area contributed by atoms with Crippen LogP contribution in [0.15, 0.2) is 22.7 Å². The van der Waals surface area contributed by atoms with Crippen LogP contribution >= 0.6 is 15.9 Å². The zero-order valence-electron chi connectivity index (χ0n) is 8.09. The van der Waals surface area contributed by atoms with Gasteiger partial charge in [0.2, 0.25) is 0 Å². The van der Waals surface area contributed by atoms with Gasteiger partial charge in [-0.25, -0.2) is 0 Å². The van der Waals surface area contributed by atoms with Crippen LogP contribution in [-0.2, 0) is 6.54 Å². The molecule has 1 aromatic carbocycles. The van der Waals surface area contributed by atoms with Crippen molar-refractivity contribution in [2.75, 3.05) is 0 Å². The van der Waals surface area contributed by atoms with Gasteiger partial charge in [0.15, 0.2) is 0 Å². The van der Waals surface area contributed by atoms with Gasteiger partial charge in [-0.3, -0.25) is 0 Å². The van der Waals surface area contributed by atoms with E-state index in [2.05, 4.69) is 39.4 Å². The Morgan fingerprint density at radius 2 is 2.14 bits per heavy atom. The molecule has 0 saturated heterocycles. The summed E-state index contributed by atoms with van der Waals surface area (Å²) in [5, 5.41) is 3.63. The van der Waals surface area contributed by atoms with Crippen molar-refractivity contribution in [2.24, 2.45) is 5.92 Å². The van der Waals surface area contributed by atoms with Gasteiger partial charge in [-0.2, -0.15) is 0 Å². The van der Waals surface area contributed by atoms with E-state index in [9.17, 15) is 0 Å². The number of hydrogen-bond acceptors (Lipinski definition) is 1. The molecular weight excluding hydrogens is 238 g/mol. The Morgan fingerprint density at radius 3 is 2.86 bits per heavy atom. The summed E-state index contributed by atoms with van der Waals surface area (Å²) < 4.78 is 1.29. The molecular formula is C12H14BrN. The van der Waals surface area contributed by atoms with Crippen LogP contribution in [0.25, 0.3) is 0 Å². The van der Waals surface area contributed by atoms with Crippen molar-refractivity contribution in [3.05, 3.63) is 33.8 Å². The van der Waals surface area contributed by atoms with Gasteiger partial charge in [0, 0.05) is 17.1 Å². The smallest absolute Gasteiger partial charge is 0.0366 e. The van der Waals surface area contributed by atoms with Gasteiger partial charge in [-0.1, -0.05) is 34.5 Å². The Balaban J connectivity index is 1.99. The molecule has 1 fully saturated rings. The number of rotatable bonds is 1. The first-order valence-electron chi connectivity index (χ1n) is 5.37. The summed E-state index contributed by atoms with van der Waals surface area (Å²) in [7, 11) is 0. The Hall–Kier alpha value is -0.340. The van der Waals surface area contributed by atoms with Crippen molar-refractivity contribution in [1.82, 2.24) is 5.32 Å². The molecule has 2 heteroatoms. The molecule has 0 spiro atoms. The number of benzene rings is 1. The first-order chi connectivity index (χ1) is 6.86. The summed E-state index contributed by atoms with van der Waals surface area (Å²) in [5.41, 5.74) is 3.01. The highest BCUT2D eigenvalue weighted by Crippen LogP contribution is 2.43. The minimum atomic E-state index is 0.620. The molecule has 1 aliphatic heterocycles. The third-order valence-corrected chi connectivity index (χ3v) is 4.28. The van der Waals surface area contributed by atoms with E-state index < -0.39 is 0 Å². The van der Waals surface area contributed by atoms with Gasteiger partial charge in [0.1, 0.15) is 0 Å². The second kappa shape index (κ2) is 3.35. The Morgan fingerprint density at radius 1 is 1.29 bits per heavy atom. The van der Waals surface area contributed by atoms with Crippen LogP contribution in [0.1, 0.15) is 36.4 Å². The van der Waals surface area contributed by atoms with E-state index in [0.29, 0.717) is 6.04 Å². The van der Waals surface area contributed by atoms with Gasteiger partial charge in [-0.05, 0) is 36.0 Å². The summed E-state index contributed by atoms with van der Waals surface area (Å²) in [6.07, 6.45) is 4.22. The minimum absolute atomic E-state index is 0.620. The van der Waals surface area contributed by atoms with Crippen molar-refractivity contribution in [2.45, 2.75) is 31.8 Å². The number of halogens is 1. The Labute approximate surface area is 93.0 Å². The highest BCUT2D eigenvalue weighted by molar-refractivity contribution is 9.10. The van der Waals surface area contributed by atoms with E-state index in [4.69, 9.17) is 0 Å². The lowest BCUT2D eigenvalue weighted by molar-refractivity contribution is 0.240. The van der Waals surface area contributed by atoms with Crippen molar-refractivity contribution in [3.8, 4) is 0 Å². The van der Waals surface area contributed by atoms with Crippen LogP contribution in [0.5, 0.6) is 0 Å². The predicted molar refractivity (Wildman–Crippen MR) is 61.1 cm³/mol. The van der Waals surface area contributed by atoms with E-state index in [-0.39, 0.29) is 0 Å². The van der Waals surface area contributed by atoms with Gasteiger partial charge >= 0.3 is 0 Å². The van der Waals surface area contributed by atoms with Crippen LogP contribution in [0.3, 0.4) is 0 Å². The summed E-state index contributed by atoms with van der Waals surface area (Å²) in [6, 6.07) is 7.16. The standard InChI is InChI=1S/C12H14BrN/c13-10-6-2-5-9-7-14-12(11(9)10)8-3-1-4-8/h2,5-6,8,12,14H,1,3-4,7H2. The zero-order valence-corrected chi connectivity index (χ0v) is 9.68. The molecule has 1 nitrogen and oxygen atoms in total. The molecule has 1 unspecified atom stereocenters. The monoisotopic (exact) mass is 251 g/mol. The Kier molecular flexibility index (Phi) is 2.14. The SMILES string of the molecule is Brc1cccc2c1C(C1CCC1)NC2. The molecule has 3 rings (SSSR count). The van der Waals surface area contributed by atoms with Crippen molar-refractivity contribution in [3.63, 3.8) is 0 Å². The quantitative estimate of drug-likeness (QED) is 0.807. The van der Waals surface area contributed by atoms with Crippen LogP contribution in [0.2, 0.25) is 0 Å². The van der Waals surface area contributed by atoms with Crippen LogP contribution in [-0.4, -0.2) is 0 Å². The second-order valence-electron chi connectivity index (χ2n) is 4.36. The lowest BCUT2D eigenvalue weighted by atomic mass is 9.77. The van der Waals surface area contributed by atoms with Gasteiger partial charge in [0.25, 0.3) is 0 Å². The molecule has 0 radical (unpaired) electrons. The maximum absolute atomic E-state index is 3.67. The molecule has 0 amide bonds. The fourth-order valence-electron chi connectivity index (χ4n) is 2.58. The maximum atomic E-state index is 3.67. The molecule has 1 atom stereocenters. The minimum Gasteiger partial charge on any atom is -0.306 e. The van der Waals surface area contributed by atoms with Crippen molar-refractivity contribution in [1.29, 1.82) is 0 Å². The molecule has 1 aliphatic carbocycles. The number of hydrogen-bond donors (Lipinski definition) is 1. The molecule has 0 aromatic heterocycles. The summed E-state index contributed by atoms with van der Waals surface area (Å²) >= 11 is 3.67. The second-order valence-corrected chi connectivity index (χ2v) is 5.22. The lowest BCUT2D eigenvalue weighted by Gasteiger charge is -2.32. The summed E-state index contributed by atoms with van der Waals surface area (Å²) in [4.78, 5) is 0. The molecule has 1 heterocycles. The summed E-state index contributed by atoms with van der Waals surface area (Å²) in [6.45, 7) is 1.05. The van der Waals surface area contributed by atoms with Gasteiger partial charge in [0.05, 0.1) is 0 Å². The normalized spacial score (nSPS) is 25.9. The average molecular weight is 252 g/mol. The van der Waals surface area contributed by atoms with E-state index >= 15 is 0 Å². The molecule has 1 saturated carbocycles. The molecule has 0 bridgehead atoms. The molecule has 2 aliphatic rings. The highest BCUT2D eigenvalue weighted by atomic mass is 79.9. The molecule has 1 N–H and O–H groups in total. The predicted octanol–water partition coefficient (Wildman–Crippen LogP) is 3.39. The van der Waals surface area contributed by atoms with Crippen LogP contribution in [0.4, 0.5) is 0 Å². The Bertz CT molecular complexity index is 357. The third-order valence-electron chi connectivity index (χ3n) is 3.59. The van der Waals surface area contributed by atoms with E-state index in [1.165, 1.54) is 34.9 Å². The molecule has 74 valence electrons. The third kappa shape index (κ3) is 1.24. The average Bonchev–Trinajstić information content (AvgIpc) is 2.47. The van der Waals surface area contributed by atoms with Crippen LogP contribution < -0.4 is 5.32 Å². The highest BCUT2D eigenvalue weighted by Gasteiger charge is 2.33. The van der Waals surface area contributed by atoms with E-state index in [1.54, 1.807) is 0 Å². The van der Waals surface area contributed by atoms with Crippen molar-refractivity contribution >= 4 is 15.9 Å². The fourth-order valence-corrected chi connectivity index (χ4v) is 3.24. The van der Waals surface area contributed by atoms with E-state index in [1.807, 2.05) is 0 Å². The summed E-state index contributed by atoms with van der Waals surface area (Å²) in [5.74, 6) is 0.884. The van der Waals surface area contributed by atoms with Gasteiger partial charge < -0.3 is 5.32 Å². The maximum Gasteiger partial charge on any atom is 0.0366 e. The molecule has 14 heavy (non-hydrogen) atoms. The molecule has 1 aromatic rings. The van der Waals surface area contributed by atoms with E-state index in [0.717, 1.165) is 12.5 Å². The topological polar surface area (TPSA) is 12.0 Å².